The summed E-state index contributed by atoms with van der Waals surface area (Å²) in [6.07, 6.45) is 7.28. The summed E-state index contributed by atoms with van der Waals surface area (Å²) in [5.41, 5.74) is 0.974. The number of nitrogens with zero attached hydrogens (tertiary/aromatic N) is 1. The Hall–Kier alpha value is -0.770. The highest BCUT2D eigenvalue weighted by atomic mass is 35.5. The van der Waals surface area contributed by atoms with Crippen molar-refractivity contribution in [1.29, 1.82) is 0 Å². The Morgan fingerprint density at radius 3 is 2.61 bits per heavy atom. The number of hydrogen-bond acceptors (Lipinski definition) is 2. The van der Waals surface area contributed by atoms with E-state index in [1.54, 1.807) is 0 Å². The third-order valence-electron chi connectivity index (χ3n) is 5.41. The van der Waals surface area contributed by atoms with Crippen LogP contribution in [0.1, 0.15) is 44.1 Å². The molecule has 1 heterocycles. The quantitative estimate of drug-likeness (QED) is 0.835. The topological polar surface area (TPSA) is 40.5 Å². The molecule has 2 fully saturated rings. The lowest BCUT2D eigenvalue weighted by Crippen LogP contribution is -2.42. The number of rotatable bonds is 5. The molecule has 0 amide bonds. The molecule has 0 spiro atoms. The van der Waals surface area contributed by atoms with E-state index in [4.69, 9.17) is 23.2 Å². The second kappa shape index (κ2) is 7.42. The third-order valence-corrected chi connectivity index (χ3v) is 6.12. The van der Waals surface area contributed by atoms with Crippen molar-refractivity contribution >= 4 is 29.2 Å². The van der Waals surface area contributed by atoms with E-state index in [0.29, 0.717) is 22.0 Å². The summed E-state index contributed by atoms with van der Waals surface area (Å²) in [6, 6.07) is 5.70. The SMILES string of the molecule is O=C(O)C1CC2CCCCC2N1CCCc1c(Cl)cccc1Cl. The largest absolute Gasteiger partial charge is 0.480 e. The Morgan fingerprint density at radius 1 is 1.22 bits per heavy atom. The van der Waals surface area contributed by atoms with E-state index in [1.165, 1.54) is 19.3 Å². The Balaban J connectivity index is 1.64. The molecule has 3 rings (SSSR count). The van der Waals surface area contributed by atoms with Gasteiger partial charge in [-0.15, -0.1) is 0 Å². The second-order valence-electron chi connectivity index (χ2n) is 6.74. The van der Waals surface area contributed by atoms with Crippen LogP contribution in [0.3, 0.4) is 0 Å². The van der Waals surface area contributed by atoms with Crippen molar-refractivity contribution in [2.24, 2.45) is 5.92 Å². The van der Waals surface area contributed by atoms with Crippen LogP contribution in [-0.2, 0) is 11.2 Å². The Labute approximate surface area is 147 Å². The van der Waals surface area contributed by atoms with Gasteiger partial charge >= 0.3 is 5.97 Å². The zero-order valence-corrected chi connectivity index (χ0v) is 14.7. The normalized spacial score (nSPS) is 27.8. The number of fused-ring (bicyclic) bond motifs is 1. The van der Waals surface area contributed by atoms with Crippen molar-refractivity contribution in [1.82, 2.24) is 4.90 Å². The number of aliphatic carboxylic acids is 1. The first kappa shape index (κ1) is 17.1. The van der Waals surface area contributed by atoms with Crippen molar-refractivity contribution in [2.45, 2.75) is 57.0 Å². The molecular formula is C18H23Cl2NO2. The van der Waals surface area contributed by atoms with Crippen molar-refractivity contribution in [3.63, 3.8) is 0 Å². The first-order valence-electron chi connectivity index (χ1n) is 8.49. The summed E-state index contributed by atoms with van der Waals surface area (Å²) in [7, 11) is 0. The molecule has 5 heteroatoms. The molecular weight excluding hydrogens is 333 g/mol. The van der Waals surface area contributed by atoms with Gasteiger partial charge in [0, 0.05) is 16.1 Å². The van der Waals surface area contributed by atoms with Gasteiger partial charge < -0.3 is 5.11 Å². The van der Waals surface area contributed by atoms with Gasteiger partial charge in [0.25, 0.3) is 0 Å². The molecule has 126 valence electrons. The Morgan fingerprint density at radius 2 is 1.91 bits per heavy atom. The maximum Gasteiger partial charge on any atom is 0.320 e. The lowest BCUT2D eigenvalue weighted by atomic mass is 9.84. The van der Waals surface area contributed by atoms with Gasteiger partial charge in [0.05, 0.1) is 0 Å². The summed E-state index contributed by atoms with van der Waals surface area (Å²) in [5, 5.41) is 10.9. The molecule has 1 saturated heterocycles. The summed E-state index contributed by atoms with van der Waals surface area (Å²) in [4.78, 5) is 13.8. The fourth-order valence-electron chi connectivity index (χ4n) is 4.33. The van der Waals surface area contributed by atoms with Gasteiger partial charge in [-0.25, -0.2) is 0 Å². The van der Waals surface area contributed by atoms with Crippen molar-refractivity contribution < 1.29 is 9.90 Å². The zero-order valence-electron chi connectivity index (χ0n) is 13.2. The van der Waals surface area contributed by atoms with E-state index in [9.17, 15) is 9.90 Å². The summed E-state index contributed by atoms with van der Waals surface area (Å²) >= 11 is 12.4. The Kier molecular flexibility index (Phi) is 5.50. The number of benzene rings is 1. The molecule has 2 aliphatic rings. The molecule has 1 aromatic carbocycles. The van der Waals surface area contributed by atoms with E-state index in [2.05, 4.69) is 4.90 Å². The highest BCUT2D eigenvalue weighted by Gasteiger charge is 2.44. The average Bonchev–Trinajstić information content (AvgIpc) is 2.89. The monoisotopic (exact) mass is 355 g/mol. The highest BCUT2D eigenvalue weighted by molar-refractivity contribution is 6.35. The summed E-state index contributed by atoms with van der Waals surface area (Å²) < 4.78 is 0. The van der Waals surface area contributed by atoms with Gasteiger partial charge in [-0.1, -0.05) is 42.1 Å². The van der Waals surface area contributed by atoms with Crippen LogP contribution < -0.4 is 0 Å². The minimum atomic E-state index is -0.671. The predicted octanol–water partition coefficient (Wildman–Crippen LogP) is 4.64. The van der Waals surface area contributed by atoms with Crippen LogP contribution in [0.4, 0.5) is 0 Å². The third kappa shape index (κ3) is 3.67. The van der Waals surface area contributed by atoms with E-state index in [1.807, 2.05) is 18.2 Å². The molecule has 1 saturated carbocycles. The molecule has 0 bridgehead atoms. The fraction of sp³-hybridized carbons (Fsp3) is 0.611. The van der Waals surface area contributed by atoms with Gasteiger partial charge in [-0.3, -0.25) is 9.69 Å². The number of carboxylic acid groups (broad SMARTS) is 1. The molecule has 1 N–H and O–H groups in total. The molecule has 1 aliphatic heterocycles. The van der Waals surface area contributed by atoms with Crippen LogP contribution in [0.15, 0.2) is 18.2 Å². The zero-order chi connectivity index (χ0) is 16.4. The van der Waals surface area contributed by atoms with Crippen molar-refractivity contribution in [3.8, 4) is 0 Å². The van der Waals surface area contributed by atoms with E-state index in [-0.39, 0.29) is 6.04 Å². The molecule has 0 radical (unpaired) electrons. The lowest BCUT2D eigenvalue weighted by Gasteiger charge is -2.33. The minimum Gasteiger partial charge on any atom is -0.480 e. The smallest absolute Gasteiger partial charge is 0.320 e. The maximum absolute atomic E-state index is 11.6. The number of carbonyl (C=O) groups is 1. The van der Waals surface area contributed by atoms with E-state index in [0.717, 1.165) is 37.8 Å². The van der Waals surface area contributed by atoms with Gasteiger partial charge in [0.1, 0.15) is 6.04 Å². The van der Waals surface area contributed by atoms with Crippen LogP contribution >= 0.6 is 23.2 Å². The number of carboxylic acids is 1. The van der Waals surface area contributed by atoms with Gasteiger partial charge in [-0.05, 0) is 62.3 Å². The van der Waals surface area contributed by atoms with Crippen molar-refractivity contribution in [2.75, 3.05) is 6.54 Å². The first-order valence-corrected chi connectivity index (χ1v) is 9.25. The minimum absolute atomic E-state index is 0.315. The van der Waals surface area contributed by atoms with Crippen LogP contribution in [-0.4, -0.2) is 34.6 Å². The molecule has 3 nitrogen and oxygen atoms in total. The van der Waals surface area contributed by atoms with Crippen LogP contribution in [0.25, 0.3) is 0 Å². The summed E-state index contributed by atoms with van der Waals surface area (Å²) in [6.45, 7) is 0.805. The molecule has 3 atom stereocenters. The average molecular weight is 356 g/mol. The van der Waals surface area contributed by atoms with Gasteiger partial charge in [0.2, 0.25) is 0 Å². The molecule has 3 unspecified atom stereocenters. The van der Waals surface area contributed by atoms with E-state index >= 15 is 0 Å². The molecule has 1 aromatic rings. The maximum atomic E-state index is 11.6. The fourth-order valence-corrected chi connectivity index (χ4v) is 4.91. The number of halogens is 2. The molecule has 23 heavy (non-hydrogen) atoms. The predicted molar refractivity (Wildman–Crippen MR) is 93.3 cm³/mol. The molecule has 1 aliphatic carbocycles. The standard InChI is InChI=1S/C18H23Cl2NO2/c19-14-7-3-8-15(20)13(14)6-4-10-21-16-9-2-1-5-12(16)11-17(21)18(22)23/h3,7-8,12,16-17H,1-2,4-6,9-11H2,(H,22,23). The number of likely N-dealkylation sites (tertiary alicyclic amines) is 1. The van der Waals surface area contributed by atoms with Gasteiger partial charge in [-0.2, -0.15) is 0 Å². The number of hydrogen-bond donors (Lipinski definition) is 1. The van der Waals surface area contributed by atoms with Gasteiger partial charge in [0.15, 0.2) is 0 Å². The van der Waals surface area contributed by atoms with Crippen molar-refractivity contribution in [3.05, 3.63) is 33.8 Å². The second-order valence-corrected chi connectivity index (χ2v) is 7.56. The van der Waals surface area contributed by atoms with Crippen LogP contribution in [0.2, 0.25) is 10.0 Å². The highest BCUT2D eigenvalue weighted by Crippen LogP contribution is 2.40. The van der Waals surface area contributed by atoms with Crippen LogP contribution in [0, 0.1) is 5.92 Å². The Bertz CT molecular complexity index is 558. The summed E-state index contributed by atoms with van der Waals surface area (Å²) in [5.74, 6) is -0.107. The first-order chi connectivity index (χ1) is 11.1. The van der Waals surface area contributed by atoms with Crippen LogP contribution in [0.5, 0.6) is 0 Å². The lowest BCUT2D eigenvalue weighted by molar-refractivity contribution is -0.142. The molecule has 0 aromatic heterocycles. The van der Waals surface area contributed by atoms with E-state index < -0.39 is 5.97 Å².